The van der Waals surface area contributed by atoms with Crippen LogP contribution in [0.4, 0.5) is 0 Å². The van der Waals surface area contributed by atoms with Gasteiger partial charge in [0.2, 0.25) is 11.6 Å². The third-order valence-electron chi connectivity index (χ3n) is 4.67. The number of fused-ring (bicyclic) bond motifs is 2. The first-order valence-corrected chi connectivity index (χ1v) is 9.16. The highest BCUT2D eigenvalue weighted by Gasteiger charge is 2.74. The number of hydrogen-bond donors (Lipinski definition) is 3. The molecule has 9 heteroatoms. The van der Waals surface area contributed by atoms with Gasteiger partial charge in [0, 0.05) is 0 Å². The van der Waals surface area contributed by atoms with Crippen LogP contribution in [0.3, 0.4) is 0 Å². The van der Waals surface area contributed by atoms with Crippen molar-refractivity contribution in [3.63, 3.8) is 0 Å². The van der Waals surface area contributed by atoms with Gasteiger partial charge in [-0.2, -0.15) is 0 Å². The summed E-state index contributed by atoms with van der Waals surface area (Å²) >= 11 is 1.43. The van der Waals surface area contributed by atoms with E-state index in [1.807, 2.05) is 6.07 Å². The summed E-state index contributed by atoms with van der Waals surface area (Å²) in [5, 5.41) is 12.3. The van der Waals surface area contributed by atoms with Gasteiger partial charge >= 0.3 is 14.5 Å². The summed E-state index contributed by atoms with van der Waals surface area (Å²) in [6, 6.07) is 7.00. The lowest BCUT2D eigenvalue weighted by molar-refractivity contribution is -0.172. The second kappa shape index (κ2) is 4.60. The van der Waals surface area contributed by atoms with Gasteiger partial charge in [0.25, 0.3) is 0 Å². The second-order valence-electron chi connectivity index (χ2n) is 6.27. The number of rotatable bonds is 1. The molecule has 0 saturated carbocycles. The van der Waals surface area contributed by atoms with E-state index in [-0.39, 0.29) is 11.3 Å². The van der Waals surface area contributed by atoms with Crippen molar-refractivity contribution in [2.75, 3.05) is 0 Å². The number of carboxylic acids is 1. The number of carbonyl (C=O) groups is 2. The fraction of sp³-hybridized carbons (Fsp3) is 0.429. The van der Waals surface area contributed by atoms with Crippen molar-refractivity contribution in [2.45, 2.75) is 35.5 Å². The molecular formula is C14H15N2O5PS. The van der Waals surface area contributed by atoms with Crippen molar-refractivity contribution in [3.8, 4) is 5.75 Å². The molecule has 4 heterocycles. The molecule has 23 heavy (non-hydrogen) atoms. The zero-order valence-electron chi connectivity index (χ0n) is 12.4. The molecule has 2 fully saturated rings. The maximum atomic E-state index is 12.7. The van der Waals surface area contributed by atoms with Crippen LogP contribution in [0.25, 0.3) is 0 Å². The zero-order valence-corrected chi connectivity index (χ0v) is 14.1. The van der Waals surface area contributed by atoms with Crippen LogP contribution < -0.4 is 9.61 Å². The number of benzene rings is 1. The van der Waals surface area contributed by atoms with Gasteiger partial charge < -0.3 is 14.5 Å². The number of carbonyl (C=O) groups excluding carboxylic acids is 1. The molecule has 1 unspecified atom stereocenters. The van der Waals surface area contributed by atoms with E-state index in [0.29, 0.717) is 5.75 Å². The van der Waals surface area contributed by atoms with Gasteiger partial charge in [0.1, 0.15) is 5.75 Å². The van der Waals surface area contributed by atoms with Crippen molar-refractivity contribution in [2.24, 2.45) is 0 Å². The van der Waals surface area contributed by atoms with Gasteiger partial charge in [-0.3, -0.25) is 9.69 Å². The molecule has 0 aromatic heterocycles. The Balaban J connectivity index is 1.92. The summed E-state index contributed by atoms with van der Waals surface area (Å²) in [5.41, 5.74) is -0.920. The van der Waals surface area contributed by atoms with E-state index in [0.717, 1.165) is 5.56 Å². The Bertz CT molecular complexity index is 729. The third-order valence-corrected chi connectivity index (χ3v) is 7.17. The molecule has 6 bridgehead atoms. The van der Waals surface area contributed by atoms with Gasteiger partial charge in [-0.15, -0.1) is 11.8 Å². The van der Waals surface area contributed by atoms with Crippen LogP contribution in [0.5, 0.6) is 5.75 Å². The maximum absolute atomic E-state index is 12.7. The van der Waals surface area contributed by atoms with E-state index in [1.54, 1.807) is 32.0 Å². The Morgan fingerprint density at radius 3 is 2.91 bits per heavy atom. The highest BCUT2D eigenvalue weighted by Crippen LogP contribution is 2.62. The number of hydrogen-bond acceptors (Lipinski definition) is 6. The standard InChI is InChI=1S/C14H15N2O5PS/c1-13(2)14(12(18)19)15-22(20)21-8-5-3-4-7(6-8)9-10(17)16(14)11(9)23-13/h3-6,9,11,15,20H,1-2H3,(H,18,19)/t9-,11-,14+,22?/m1/s1. The lowest BCUT2D eigenvalue weighted by Gasteiger charge is -2.50. The molecule has 7 nitrogen and oxygen atoms in total. The highest BCUT2D eigenvalue weighted by molar-refractivity contribution is 8.01. The summed E-state index contributed by atoms with van der Waals surface area (Å²) in [7, 11) is -2.26. The molecule has 0 radical (unpaired) electrons. The summed E-state index contributed by atoms with van der Waals surface area (Å²) in [6.45, 7) is 3.52. The molecule has 1 aromatic rings. The monoisotopic (exact) mass is 354 g/mol. The number of amides is 1. The van der Waals surface area contributed by atoms with Crippen LogP contribution in [0.15, 0.2) is 24.3 Å². The van der Waals surface area contributed by atoms with Gasteiger partial charge in [-0.05, 0) is 31.5 Å². The van der Waals surface area contributed by atoms with Gasteiger partial charge in [-0.25, -0.2) is 9.88 Å². The predicted molar refractivity (Wildman–Crippen MR) is 84.8 cm³/mol. The van der Waals surface area contributed by atoms with E-state index >= 15 is 0 Å². The smallest absolute Gasteiger partial charge is 0.346 e. The van der Waals surface area contributed by atoms with Crippen LogP contribution in [0.1, 0.15) is 25.3 Å². The SMILES string of the molecule is CC1(C)S[C@@H]2[C@H]3C(=O)N2[C@]1(C(=O)O)NP(O)Oc1cccc3c1. The number of carboxylic acid groups (broad SMARTS) is 1. The van der Waals surface area contributed by atoms with Crippen LogP contribution in [0.2, 0.25) is 0 Å². The lowest BCUT2D eigenvalue weighted by atomic mass is 9.83. The average molecular weight is 354 g/mol. The topological polar surface area (TPSA) is 99.1 Å². The van der Waals surface area contributed by atoms with Crippen molar-refractivity contribution in [1.82, 2.24) is 9.99 Å². The minimum Gasteiger partial charge on any atom is -0.478 e. The number of thioether (sulfide) groups is 1. The Morgan fingerprint density at radius 2 is 2.22 bits per heavy atom. The van der Waals surface area contributed by atoms with Crippen molar-refractivity contribution in [1.29, 1.82) is 0 Å². The van der Waals surface area contributed by atoms with Crippen LogP contribution in [0, 0.1) is 0 Å². The number of nitrogens with one attached hydrogen (secondary N) is 1. The van der Waals surface area contributed by atoms with E-state index in [9.17, 15) is 19.6 Å². The Kier molecular flexibility index (Phi) is 3.04. The van der Waals surface area contributed by atoms with Crippen molar-refractivity contribution >= 4 is 32.2 Å². The first kappa shape index (κ1) is 15.2. The van der Waals surface area contributed by atoms with Crippen molar-refractivity contribution < 1.29 is 24.1 Å². The molecule has 4 aliphatic rings. The van der Waals surface area contributed by atoms with Crippen LogP contribution >= 0.6 is 20.3 Å². The Morgan fingerprint density at radius 1 is 1.48 bits per heavy atom. The normalized spacial score (nSPS) is 36.9. The molecule has 122 valence electrons. The average Bonchev–Trinajstić information content (AvgIpc) is 2.64. The largest absolute Gasteiger partial charge is 0.478 e. The van der Waals surface area contributed by atoms with E-state index in [4.69, 9.17) is 4.52 Å². The molecule has 0 spiro atoms. The highest BCUT2D eigenvalue weighted by atomic mass is 32.2. The first-order valence-electron chi connectivity index (χ1n) is 7.07. The summed E-state index contributed by atoms with van der Waals surface area (Å²) in [6.07, 6.45) is 0. The van der Waals surface area contributed by atoms with E-state index in [1.165, 1.54) is 16.7 Å². The summed E-state index contributed by atoms with van der Waals surface area (Å²) < 4.78 is 4.62. The fourth-order valence-corrected chi connectivity index (χ4v) is 6.53. The zero-order chi connectivity index (χ0) is 16.6. The van der Waals surface area contributed by atoms with E-state index in [2.05, 4.69) is 5.09 Å². The maximum Gasteiger partial charge on any atom is 0.346 e. The fourth-order valence-electron chi connectivity index (χ4n) is 3.55. The second-order valence-corrected chi connectivity index (χ2v) is 8.96. The molecular weight excluding hydrogens is 339 g/mol. The molecule has 0 aliphatic carbocycles. The minimum atomic E-state index is -2.26. The van der Waals surface area contributed by atoms with Crippen molar-refractivity contribution in [3.05, 3.63) is 29.8 Å². The van der Waals surface area contributed by atoms with Gasteiger partial charge in [0.05, 0.1) is 16.0 Å². The van der Waals surface area contributed by atoms with Gasteiger partial charge in [0.15, 0.2) is 0 Å². The Labute approximate surface area is 138 Å². The summed E-state index contributed by atoms with van der Waals surface area (Å²) in [5.74, 6) is -1.42. The predicted octanol–water partition coefficient (Wildman–Crippen LogP) is 1.45. The molecule has 4 aliphatic heterocycles. The van der Waals surface area contributed by atoms with Crippen LogP contribution in [-0.4, -0.2) is 42.6 Å². The molecule has 2 saturated heterocycles. The minimum absolute atomic E-state index is 0.245. The third kappa shape index (κ3) is 1.78. The summed E-state index contributed by atoms with van der Waals surface area (Å²) in [4.78, 5) is 36.5. The molecule has 3 N–H and O–H groups in total. The van der Waals surface area contributed by atoms with E-state index < -0.39 is 30.8 Å². The molecule has 1 aromatic carbocycles. The number of nitrogens with zero attached hydrogens (tertiary/aromatic N) is 1. The number of aliphatic carboxylic acids is 1. The number of β-lactam (4-membered cyclic amide) rings is 1. The van der Waals surface area contributed by atoms with Gasteiger partial charge in [-0.1, -0.05) is 12.1 Å². The Hall–Kier alpha value is -1.34. The molecule has 1 amide bonds. The molecule has 4 atom stereocenters. The molecule has 5 rings (SSSR count). The first-order chi connectivity index (χ1) is 10.8. The van der Waals surface area contributed by atoms with Crippen LogP contribution in [-0.2, 0) is 9.59 Å². The lowest BCUT2D eigenvalue weighted by Crippen LogP contribution is -2.74. The quantitative estimate of drug-likeness (QED) is 0.518.